The first-order valence-electron chi connectivity index (χ1n) is 5.00. The monoisotopic (exact) mass is 222 g/mol. The van der Waals surface area contributed by atoms with Crippen LogP contribution < -0.4 is 0 Å². The molecule has 16 heavy (non-hydrogen) atoms. The molecule has 4 nitrogen and oxygen atoms in total. The quantitative estimate of drug-likeness (QED) is 0.726. The Hall–Kier alpha value is -1.84. The lowest BCUT2D eigenvalue weighted by molar-refractivity contribution is -0.139. The number of ether oxygens (including phenoxy) is 2. The zero-order valence-electron chi connectivity index (χ0n) is 9.36. The van der Waals surface area contributed by atoms with E-state index in [1.54, 1.807) is 31.2 Å². The van der Waals surface area contributed by atoms with Gasteiger partial charge in [0.15, 0.2) is 0 Å². The van der Waals surface area contributed by atoms with E-state index in [1.165, 1.54) is 7.11 Å². The maximum absolute atomic E-state index is 11.3. The first kappa shape index (κ1) is 12.2. The molecule has 0 atom stereocenters. The number of esters is 2. The van der Waals surface area contributed by atoms with Crippen LogP contribution in [-0.4, -0.2) is 25.7 Å². The highest BCUT2D eigenvalue weighted by atomic mass is 16.5. The summed E-state index contributed by atoms with van der Waals surface area (Å²) in [5.74, 6) is -0.656. The number of rotatable bonds is 4. The molecule has 0 spiro atoms. The summed E-state index contributed by atoms with van der Waals surface area (Å²) in [4.78, 5) is 22.3. The molecule has 0 aliphatic carbocycles. The molecular weight excluding hydrogens is 208 g/mol. The molecule has 0 aromatic heterocycles. The molecule has 0 saturated heterocycles. The van der Waals surface area contributed by atoms with Crippen LogP contribution in [0.15, 0.2) is 24.3 Å². The summed E-state index contributed by atoms with van der Waals surface area (Å²) < 4.78 is 9.38. The summed E-state index contributed by atoms with van der Waals surface area (Å²) in [5.41, 5.74) is 1.29. The van der Waals surface area contributed by atoms with Crippen LogP contribution in [0.25, 0.3) is 0 Å². The van der Waals surface area contributed by atoms with Crippen LogP contribution >= 0.6 is 0 Å². The van der Waals surface area contributed by atoms with E-state index < -0.39 is 0 Å². The Morgan fingerprint density at radius 1 is 1.19 bits per heavy atom. The molecule has 1 aromatic carbocycles. The van der Waals surface area contributed by atoms with Gasteiger partial charge < -0.3 is 9.47 Å². The van der Waals surface area contributed by atoms with E-state index in [4.69, 9.17) is 4.74 Å². The minimum absolute atomic E-state index is 0.208. The lowest BCUT2D eigenvalue weighted by Gasteiger charge is -2.03. The van der Waals surface area contributed by atoms with Gasteiger partial charge in [-0.15, -0.1) is 0 Å². The third-order valence-electron chi connectivity index (χ3n) is 2.04. The van der Waals surface area contributed by atoms with Crippen LogP contribution in [0.3, 0.4) is 0 Å². The van der Waals surface area contributed by atoms with Crippen molar-refractivity contribution < 1.29 is 19.1 Å². The number of hydrogen-bond donors (Lipinski definition) is 0. The van der Waals surface area contributed by atoms with Crippen molar-refractivity contribution in [1.29, 1.82) is 0 Å². The van der Waals surface area contributed by atoms with Crippen LogP contribution in [0, 0.1) is 0 Å². The fraction of sp³-hybridized carbons (Fsp3) is 0.333. The summed E-state index contributed by atoms with van der Waals surface area (Å²) >= 11 is 0. The van der Waals surface area contributed by atoms with Crippen LogP contribution in [0.1, 0.15) is 22.8 Å². The molecule has 1 rings (SSSR count). The molecule has 0 aliphatic heterocycles. The fourth-order valence-electron chi connectivity index (χ4n) is 1.21. The third kappa shape index (κ3) is 3.38. The number of carbonyl (C=O) groups is 2. The van der Waals surface area contributed by atoms with Gasteiger partial charge in [-0.3, -0.25) is 4.79 Å². The van der Waals surface area contributed by atoms with Gasteiger partial charge in [0, 0.05) is 0 Å². The first-order chi connectivity index (χ1) is 7.67. The second-order valence-corrected chi connectivity index (χ2v) is 3.17. The van der Waals surface area contributed by atoms with Crippen LogP contribution in [0.5, 0.6) is 0 Å². The standard InChI is InChI=1S/C12H14O4/c1-3-16-12(14)10-6-4-9(5-7-10)8-11(13)15-2/h4-7H,3,8H2,1-2H3. The van der Waals surface area contributed by atoms with Crippen LogP contribution in [-0.2, 0) is 20.7 Å². The average Bonchev–Trinajstić information content (AvgIpc) is 2.30. The molecule has 0 aliphatic rings. The Kier molecular flexibility index (Phi) is 4.51. The van der Waals surface area contributed by atoms with Gasteiger partial charge in [0.2, 0.25) is 0 Å². The van der Waals surface area contributed by atoms with E-state index in [0.717, 1.165) is 5.56 Å². The predicted molar refractivity (Wildman–Crippen MR) is 58.1 cm³/mol. The largest absolute Gasteiger partial charge is 0.469 e. The van der Waals surface area contributed by atoms with Gasteiger partial charge in [0.1, 0.15) is 0 Å². The topological polar surface area (TPSA) is 52.6 Å². The normalized spacial score (nSPS) is 9.62. The molecule has 0 bridgehead atoms. The number of carbonyl (C=O) groups excluding carboxylic acids is 2. The van der Waals surface area contributed by atoms with Crippen molar-refractivity contribution in [1.82, 2.24) is 0 Å². The molecule has 4 heteroatoms. The molecule has 0 amide bonds. The van der Waals surface area contributed by atoms with Gasteiger partial charge in [-0.25, -0.2) is 4.79 Å². The van der Waals surface area contributed by atoms with Crippen molar-refractivity contribution in [2.45, 2.75) is 13.3 Å². The van der Waals surface area contributed by atoms with E-state index in [9.17, 15) is 9.59 Å². The zero-order chi connectivity index (χ0) is 12.0. The predicted octanol–water partition coefficient (Wildman–Crippen LogP) is 1.58. The van der Waals surface area contributed by atoms with E-state index in [1.807, 2.05) is 0 Å². The molecule has 1 aromatic rings. The van der Waals surface area contributed by atoms with Gasteiger partial charge in [-0.05, 0) is 24.6 Å². The number of hydrogen-bond acceptors (Lipinski definition) is 4. The third-order valence-corrected chi connectivity index (χ3v) is 2.04. The van der Waals surface area contributed by atoms with Crippen LogP contribution in [0.4, 0.5) is 0 Å². The molecule has 0 fully saturated rings. The van der Waals surface area contributed by atoms with Crippen molar-refractivity contribution in [3.8, 4) is 0 Å². The Bertz CT molecular complexity index is 367. The van der Waals surface area contributed by atoms with Gasteiger partial charge in [0.25, 0.3) is 0 Å². The number of methoxy groups -OCH3 is 1. The van der Waals surface area contributed by atoms with Crippen LogP contribution in [0.2, 0.25) is 0 Å². The maximum atomic E-state index is 11.3. The molecular formula is C12H14O4. The zero-order valence-corrected chi connectivity index (χ0v) is 9.36. The second-order valence-electron chi connectivity index (χ2n) is 3.17. The van der Waals surface area contributed by atoms with E-state index in [-0.39, 0.29) is 18.4 Å². The SMILES string of the molecule is CCOC(=O)c1ccc(CC(=O)OC)cc1. The highest BCUT2D eigenvalue weighted by molar-refractivity contribution is 5.89. The highest BCUT2D eigenvalue weighted by Crippen LogP contribution is 2.07. The Labute approximate surface area is 94.2 Å². The van der Waals surface area contributed by atoms with Crippen molar-refractivity contribution in [3.63, 3.8) is 0 Å². The average molecular weight is 222 g/mol. The highest BCUT2D eigenvalue weighted by Gasteiger charge is 2.07. The summed E-state index contributed by atoms with van der Waals surface area (Å²) in [6, 6.07) is 6.69. The Balaban J connectivity index is 2.67. The van der Waals surface area contributed by atoms with Gasteiger partial charge in [-0.2, -0.15) is 0 Å². The molecule has 0 saturated carbocycles. The summed E-state index contributed by atoms with van der Waals surface area (Å²) in [7, 11) is 1.34. The van der Waals surface area contributed by atoms with Crippen molar-refractivity contribution in [3.05, 3.63) is 35.4 Å². The van der Waals surface area contributed by atoms with E-state index >= 15 is 0 Å². The molecule has 0 unspecified atom stereocenters. The Morgan fingerprint density at radius 2 is 1.81 bits per heavy atom. The lowest BCUT2D eigenvalue weighted by atomic mass is 10.1. The fourth-order valence-corrected chi connectivity index (χ4v) is 1.21. The Morgan fingerprint density at radius 3 is 2.31 bits per heavy atom. The van der Waals surface area contributed by atoms with Crippen molar-refractivity contribution in [2.24, 2.45) is 0 Å². The molecule has 86 valence electrons. The van der Waals surface area contributed by atoms with Gasteiger partial charge >= 0.3 is 11.9 Å². The molecule has 0 heterocycles. The van der Waals surface area contributed by atoms with Gasteiger partial charge in [0.05, 0.1) is 25.7 Å². The summed E-state index contributed by atoms with van der Waals surface area (Å²) in [6.45, 7) is 2.10. The lowest BCUT2D eigenvalue weighted by Crippen LogP contribution is -2.06. The molecule has 0 N–H and O–H groups in total. The van der Waals surface area contributed by atoms with E-state index in [0.29, 0.717) is 12.2 Å². The minimum Gasteiger partial charge on any atom is -0.469 e. The summed E-state index contributed by atoms with van der Waals surface area (Å²) in [5, 5.41) is 0. The summed E-state index contributed by atoms with van der Waals surface area (Å²) in [6.07, 6.45) is 0.208. The second kappa shape index (κ2) is 5.90. The van der Waals surface area contributed by atoms with E-state index in [2.05, 4.69) is 4.74 Å². The number of benzene rings is 1. The first-order valence-corrected chi connectivity index (χ1v) is 5.00. The molecule has 0 radical (unpaired) electrons. The minimum atomic E-state index is -0.355. The smallest absolute Gasteiger partial charge is 0.338 e. The van der Waals surface area contributed by atoms with Crippen molar-refractivity contribution in [2.75, 3.05) is 13.7 Å². The van der Waals surface area contributed by atoms with Gasteiger partial charge in [-0.1, -0.05) is 12.1 Å². The van der Waals surface area contributed by atoms with Crippen molar-refractivity contribution >= 4 is 11.9 Å². The maximum Gasteiger partial charge on any atom is 0.338 e.